The Morgan fingerprint density at radius 2 is 2.06 bits per heavy atom. The van der Waals surface area contributed by atoms with E-state index in [0.717, 1.165) is 0 Å². The molecule has 0 fully saturated rings. The molecule has 0 radical (unpaired) electrons. The Labute approximate surface area is 103 Å². The molecule has 102 valence electrons. The fourth-order valence-electron chi connectivity index (χ4n) is 1.45. The van der Waals surface area contributed by atoms with Crippen molar-refractivity contribution >= 4 is 0 Å². The molecule has 2 N–H and O–H groups in total. The Morgan fingerprint density at radius 1 is 1.35 bits per heavy atom. The van der Waals surface area contributed by atoms with Crippen LogP contribution in [0.15, 0.2) is 12.7 Å². The molecule has 0 aromatic rings. The van der Waals surface area contributed by atoms with Gasteiger partial charge in [-0.15, -0.1) is 6.58 Å². The van der Waals surface area contributed by atoms with Gasteiger partial charge in [0.15, 0.2) is 0 Å². The van der Waals surface area contributed by atoms with Gasteiger partial charge in [-0.3, -0.25) is 0 Å². The zero-order valence-corrected chi connectivity index (χ0v) is 10.7. The summed E-state index contributed by atoms with van der Waals surface area (Å²) in [6, 6.07) is 0. The zero-order valence-electron chi connectivity index (χ0n) is 10.7. The van der Waals surface area contributed by atoms with E-state index in [0.29, 0.717) is 19.6 Å². The third-order valence-corrected chi connectivity index (χ3v) is 2.50. The van der Waals surface area contributed by atoms with Crippen molar-refractivity contribution in [2.24, 2.45) is 5.92 Å². The van der Waals surface area contributed by atoms with Gasteiger partial charge < -0.3 is 24.4 Å². The van der Waals surface area contributed by atoms with Crippen LogP contribution >= 0.6 is 0 Å². The molecule has 0 saturated heterocycles. The maximum atomic E-state index is 9.51. The summed E-state index contributed by atoms with van der Waals surface area (Å²) in [5.74, 6) is -0.334. The van der Waals surface area contributed by atoms with E-state index in [4.69, 9.17) is 14.2 Å². The van der Waals surface area contributed by atoms with Gasteiger partial charge in [0.05, 0.1) is 32.0 Å². The Morgan fingerprint density at radius 3 is 2.53 bits per heavy atom. The highest BCUT2D eigenvalue weighted by molar-refractivity contribution is 4.81. The van der Waals surface area contributed by atoms with Gasteiger partial charge >= 0.3 is 0 Å². The number of ether oxygens (including phenoxy) is 3. The van der Waals surface area contributed by atoms with E-state index in [1.165, 1.54) is 0 Å². The van der Waals surface area contributed by atoms with Crippen LogP contribution in [0.3, 0.4) is 0 Å². The Balaban J connectivity index is 3.99. The SMILES string of the molecule is C=CC[C@@H](OCOCCOC)[C@H](CO)[C@@H](C)O. The molecule has 0 unspecified atom stereocenters. The van der Waals surface area contributed by atoms with Gasteiger partial charge in [-0.1, -0.05) is 6.08 Å². The number of aliphatic hydroxyl groups is 2. The molecule has 3 atom stereocenters. The molecule has 17 heavy (non-hydrogen) atoms. The summed E-state index contributed by atoms with van der Waals surface area (Å²) in [6.45, 7) is 6.21. The summed E-state index contributed by atoms with van der Waals surface area (Å²) in [4.78, 5) is 0. The quantitative estimate of drug-likeness (QED) is 0.318. The number of hydrogen-bond acceptors (Lipinski definition) is 5. The van der Waals surface area contributed by atoms with E-state index in [-0.39, 0.29) is 25.4 Å². The van der Waals surface area contributed by atoms with Crippen LogP contribution < -0.4 is 0 Å². The standard InChI is InChI=1S/C12H24O5/c1-4-5-12(11(8-13)10(2)14)17-9-16-7-6-15-3/h4,10-14H,1,5-9H2,2-3H3/t10-,11-,12-/m1/s1. The fraction of sp³-hybridized carbons (Fsp3) is 0.833. The highest BCUT2D eigenvalue weighted by atomic mass is 16.7. The molecule has 0 rings (SSSR count). The van der Waals surface area contributed by atoms with Crippen molar-refractivity contribution < 1.29 is 24.4 Å². The average molecular weight is 248 g/mol. The van der Waals surface area contributed by atoms with Gasteiger partial charge in [-0.25, -0.2) is 0 Å². The van der Waals surface area contributed by atoms with E-state index < -0.39 is 6.10 Å². The molecule has 0 heterocycles. The van der Waals surface area contributed by atoms with Crippen LogP contribution in [0.2, 0.25) is 0 Å². The minimum Gasteiger partial charge on any atom is -0.396 e. The zero-order chi connectivity index (χ0) is 13.1. The lowest BCUT2D eigenvalue weighted by molar-refractivity contribution is -0.130. The topological polar surface area (TPSA) is 68.2 Å². The number of hydrogen-bond donors (Lipinski definition) is 2. The van der Waals surface area contributed by atoms with Gasteiger partial charge in [0, 0.05) is 13.0 Å². The second-order valence-electron chi connectivity index (χ2n) is 3.84. The summed E-state index contributed by atoms with van der Waals surface area (Å²) < 4.78 is 15.5. The second kappa shape index (κ2) is 10.7. The van der Waals surface area contributed by atoms with Crippen LogP contribution in [0.25, 0.3) is 0 Å². The molecule has 0 aromatic carbocycles. The van der Waals surface area contributed by atoms with Crippen LogP contribution in [0.4, 0.5) is 0 Å². The van der Waals surface area contributed by atoms with Crippen molar-refractivity contribution in [3.63, 3.8) is 0 Å². The van der Waals surface area contributed by atoms with Crippen molar-refractivity contribution in [2.75, 3.05) is 33.7 Å². The molecule has 0 aliphatic heterocycles. The first-order valence-electron chi connectivity index (χ1n) is 5.75. The molecule has 0 amide bonds. The van der Waals surface area contributed by atoms with Crippen LogP contribution in [0, 0.1) is 5.92 Å². The molecule has 0 bridgehead atoms. The first-order chi connectivity index (χ1) is 8.17. The van der Waals surface area contributed by atoms with Crippen molar-refractivity contribution in [3.8, 4) is 0 Å². The van der Waals surface area contributed by atoms with E-state index in [1.54, 1.807) is 20.1 Å². The van der Waals surface area contributed by atoms with Crippen LogP contribution in [0.5, 0.6) is 0 Å². The smallest absolute Gasteiger partial charge is 0.147 e. The lowest BCUT2D eigenvalue weighted by Gasteiger charge is -2.27. The fourth-order valence-corrected chi connectivity index (χ4v) is 1.45. The Kier molecular flexibility index (Phi) is 10.4. The summed E-state index contributed by atoms with van der Waals surface area (Å²) in [5.41, 5.74) is 0. The van der Waals surface area contributed by atoms with E-state index in [9.17, 15) is 10.2 Å². The predicted molar refractivity (Wildman–Crippen MR) is 64.6 cm³/mol. The number of rotatable bonds is 11. The lowest BCUT2D eigenvalue weighted by Crippen LogP contribution is -2.35. The normalized spacial score (nSPS) is 16.5. The van der Waals surface area contributed by atoms with E-state index >= 15 is 0 Å². The minimum absolute atomic E-state index is 0.116. The Bertz CT molecular complexity index is 184. The van der Waals surface area contributed by atoms with Gasteiger partial charge in [0.25, 0.3) is 0 Å². The first kappa shape index (κ1) is 16.5. The average Bonchev–Trinajstić information content (AvgIpc) is 2.29. The second-order valence-corrected chi connectivity index (χ2v) is 3.84. The van der Waals surface area contributed by atoms with Gasteiger partial charge in [0.2, 0.25) is 0 Å². The van der Waals surface area contributed by atoms with Gasteiger partial charge in [0.1, 0.15) is 6.79 Å². The molecule has 0 spiro atoms. The largest absolute Gasteiger partial charge is 0.396 e. The third-order valence-electron chi connectivity index (χ3n) is 2.50. The molecule has 0 aromatic heterocycles. The highest BCUT2D eigenvalue weighted by Crippen LogP contribution is 2.16. The molecular formula is C12H24O5. The van der Waals surface area contributed by atoms with Crippen molar-refractivity contribution in [3.05, 3.63) is 12.7 Å². The van der Waals surface area contributed by atoms with Crippen LogP contribution in [0.1, 0.15) is 13.3 Å². The van der Waals surface area contributed by atoms with Crippen molar-refractivity contribution in [1.29, 1.82) is 0 Å². The van der Waals surface area contributed by atoms with Gasteiger partial charge in [-0.05, 0) is 13.3 Å². The van der Waals surface area contributed by atoms with Crippen molar-refractivity contribution in [2.45, 2.75) is 25.6 Å². The summed E-state index contributed by atoms with van der Waals surface area (Å²) in [5, 5.41) is 18.7. The van der Waals surface area contributed by atoms with Crippen LogP contribution in [-0.4, -0.2) is 56.1 Å². The van der Waals surface area contributed by atoms with Crippen LogP contribution in [-0.2, 0) is 14.2 Å². The molecule has 0 aliphatic carbocycles. The minimum atomic E-state index is -0.635. The molecule has 5 heteroatoms. The number of aliphatic hydroxyl groups excluding tert-OH is 2. The monoisotopic (exact) mass is 248 g/mol. The van der Waals surface area contributed by atoms with E-state index in [2.05, 4.69) is 6.58 Å². The predicted octanol–water partition coefficient (Wildman–Crippen LogP) is 0.558. The highest BCUT2D eigenvalue weighted by Gasteiger charge is 2.25. The van der Waals surface area contributed by atoms with Crippen molar-refractivity contribution in [1.82, 2.24) is 0 Å². The molecule has 0 aliphatic rings. The summed E-state index contributed by atoms with van der Waals surface area (Å²) in [6.07, 6.45) is 1.33. The molecule has 0 saturated carbocycles. The van der Waals surface area contributed by atoms with E-state index in [1.807, 2.05) is 0 Å². The number of methoxy groups -OCH3 is 1. The lowest BCUT2D eigenvalue weighted by atomic mass is 9.95. The third kappa shape index (κ3) is 7.46. The molecule has 5 nitrogen and oxygen atoms in total. The molecular weight excluding hydrogens is 224 g/mol. The summed E-state index contributed by atoms with van der Waals surface area (Å²) in [7, 11) is 1.60. The first-order valence-corrected chi connectivity index (χ1v) is 5.75. The summed E-state index contributed by atoms with van der Waals surface area (Å²) >= 11 is 0. The maximum absolute atomic E-state index is 9.51. The maximum Gasteiger partial charge on any atom is 0.147 e. The Hall–Kier alpha value is -0.460. The van der Waals surface area contributed by atoms with Gasteiger partial charge in [-0.2, -0.15) is 0 Å².